The maximum Gasteiger partial charge on any atom is 0.416 e. The van der Waals surface area contributed by atoms with Gasteiger partial charge in [0.1, 0.15) is 5.82 Å². The molecule has 4 nitrogen and oxygen atoms in total. The van der Waals surface area contributed by atoms with Crippen molar-refractivity contribution in [3.8, 4) is 0 Å². The summed E-state index contributed by atoms with van der Waals surface area (Å²) in [7, 11) is 0. The number of anilines is 2. The third-order valence-electron chi connectivity index (χ3n) is 6.00. The van der Waals surface area contributed by atoms with Crippen LogP contribution in [-0.4, -0.2) is 37.6 Å². The van der Waals surface area contributed by atoms with Crippen molar-refractivity contribution in [2.75, 3.05) is 29.4 Å². The zero-order valence-corrected chi connectivity index (χ0v) is 17.4. The smallest absolute Gasteiger partial charge is 0.368 e. The zero-order chi connectivity index (χ0) is 22.3. The Kier molecular flexibility index (Phi) is 5.58. The number of nitrogens with one attached hydrogen (secondary N) is 1. The number of rotatable bonds is 3. The number of alkyl halides is 3. The molecule has 8 heteroatoms. The Morgan fingerprint density at radius 1 is 1.10 bits per heavy atom. The molecule has 2 atom stereocenters. The Morgan fingerprint density at radius 3 is 2.45 bits per heavy atom. The number of halogens is 4. The number of fused-ring (bicyclic) bond motifs is 3. The van der Waals surface area contributed by atoms with Crippen LogP contribution in [0.4, 0.5) is 28.9 Å². The van der Waals surface area contributed by atoms with Crippen LogP contribution in [0.3, 0.4) is 0 Å². The van der Waals surface area contributed by atoms with Gasteiger partial charge in [0.2, 0.25) is 5.91 Å². The van der Waals surface area contributed by atoms with E-state index in [1.165, 1.54) is 24.3 Å². The number of nitrogens with zero attached hydrogens (tertiary/aromatic N) is 2. The second-order valence-electron chi connectivity index (χ2n) is 8.50. The van der Waals surface area contributed by atoms with E-state index in [0.29, 0.717) is 25.2 Å². The lowest BCUT2D eigenvalue weighted by Crippen LogP contribution is -2.61. The van der Waals surface area contributed by atoms with Crippen molar-refractivity contribution in [1.29, 1.82) is 0 Å². The average molecular weight is 435 g/mol. The normalized spacial score (nSPS) is 21.0. The molecule has 2 heterocycles. The first-order valence-electron chi connectivity index (χ1n) is 10.4. The second kappa shape index (κ2) is 8.05. The molecule has 2 aliphatic heterocycles. The van der Waals surface area contributed by atoms with E-state index in [9.17, 15) is 22.4 Å². The number of benzene rings is 2. The number of piperazine rings is 1. The number of amides is 1. The maximum absolute atomic E-state index is 13.3. The first-order chi connectivity index (χ1) is 14.6. The number of carbonyl (C=O) groups excluding carboxylic acids is 1. The molecule has 1 saturated heterocycles. The second-order valence-corrected chi connectivity index (χ2v) is 8.50. The molecule has 166 valence electrons. The molecular formula is C23H25F4N3O. The number of carbonyl (C=O) groups is 1. The highest BCUT2D eigenvalue weighted by atomic mass is 19.4. The molecule has 0 aromatic heterocycles. The summed E-state index contributed by atoms with van der Waals surface area (Å²) >= 11 is 0. The molecular weight excluding hydrogens is 410 g/mol. The van der Waals surface area contributed by atoms with Crippen LogP contribution < -0.4 is 15.1 Å². The van der Waals surface area contributed by atoms with Crippen LogP contribution in [0.15, 0.2) is 42.5 Å². The molecule has 1 amide bonds. The summed E-state index contributed by atoms with van der Waals surface area (Å²) in [6, 6.07) is 9.77. The fraction of sp³-hybridized carbons (Fsp3) is 0.435. The highest BCUT2D eigenvalue weighted by Gasteiger charge is 2.42. The summed E-state index contributed by atoms with van der Waals surface area (Å²) in [5, 5.41) is 2.93. The molecule has 2 aromatic rings. The first-order valence-corrected chi connectivity index (χ1v) is 10.4. The summed E-state index contributed by atoms with van der Waals surface area (Å²) in [5.41, 5.74) is 1.47. The van der Waals surface area contributed by atoms with E-state index in [0.717, 1.165) is 17.4 Å². The Balaban J connectivity index is 1.68. The number of hydrogen-bond donors (Lipinski definition) is 1. The zero-order valence-electron chi connectivity index (χ0n) is 17.4. The molecule has 4 rings (SSSR count). The van der Waals surface area contributed by atoms with Crippen LogP contribution in [0, 0.1) is 11.7 Å². The fourth-order valence-corrected chi connectivity index (χ4v) is 4.58. The SMILES string of the molecule is CC(C)NC(=O)[C@@H]1Cc2cc(C(F)(F)F)ccc2N2CCN(c3ccc(F)cc3)C[C@H]12. The van der Waals surface area contributed by atoms with Gasteiger partial charge < -0.3 is 15.1 Å². The lowest BCUT2D eigenvalue weighted by molar-refractivity contribution is -0.137. The van der Waals surface area contributed by atoms with Crippen molar-refractivity contribution < 1.29 is 22.4 Å². The van der Waals surface area contributed by atoms with E-state index < -0.39 is 17.7 Å². The van der Waals surface area contributed by atoms with E-state index >= 15 is 0 Å². The predicted molar refractivity (Wildman–Crippen MR) is 112 cm³/mol. The minimum absolute atomic E-state index is 0.0688. The fourth-order valence-electron chi connectivity index (χ4n) is 4.58. The van der Waals surface area contributed by atoms with E-state index in [4.69, 9.17) is 0 Å². The van der Waals surface area contributed by atoms with Gasteiger partial charge in [0.15, 0.2) is 0 Å². The van der Waals surface area contributed by atoms with Crippen LogP contribution in [0.25, 0.3) is 0 Å². The van der Waals surface area contributed by atoms with Crippen LogP contribution in [0.2, 0.25) is 0 Å². The highest BCUT2D eigenvalue weighted by molar-refractivity contribution is 5.82. The molecule has 2 aromatic carbocycles. The largest absolute Gasteiger partial charge is 0.416 e. The summed E-state index contributed by atoms with van der Waals surface area (Å²) in [6.07, 6.45) is -4.18. The van der Waals surface area contributed by atoms with Gasteiger partial charge in [-0.1, -0.05) is 0 Å². The predicted octanol–water partition coefficient (Wildman–Crippen LogP) is 4.24. The molecule has 0 unspecified atom stereocenters. The Morgan fingerprint density at radius 2 is 1.81 bits per heavy atom. The lowest BCUT2D eigenvalue weighted by Gasteiger charge is -2.49. The van der Waals surface area contributed by atoms with Gasteiger partial charge in [-0.3, -0.25) is 4.79 Å². The standard InChI is InChI=1S/C23H25F4N3O/c1-14(2)28-22(31)19-12-15-11-16(23(25,26)27)3-8-20(15)30-10-9-29(13-21(19)30)18-6-4-17(24)5-7-18/h3-8,11,14,19,21H,9-10,12-13H2,1-2H3,(H,28,31)/t19-,21-/m1/s1. The van der Waals surface area contributed by atoms with Crippen LogP contribution in [0.1, 0.15) is 25.0 Å². The topological polar surface area (TPSA) is 35.6 Å². The Bertz CT molecular complexity index is 958. The van der Waals surface area contributed by atoms with Crippen LogP contribution >= 0.6 is 0 Å². The summed E-state index contributed by atoms with van der Waals surface area (Å²) in [5.74, 6) is -0.959. The molecule has 2 aliphatic rings. The Labute approximate surface area is 178 Å². The van der Waals surface area contributed by atoms with Crippen molar-refractivity contribution in [3.63, 3.8) is 0 Å². The number of hydrogen-bond acceptors (Lipinski definition) is 3. The molecule has 0 bridgehead atoms. The molecule has 0 saturated carbocycles. The third-order valence-corrected chi connectivity index (χ3v) is 6.00. The van der Waals surface area contributed by atoms with Crippen molar-refractivity contribution >= 4 is 17.3 Å². The molecule has 0 radical (unpaired) electrons. The lowest BCUT2D eigenvalue weighted by atomic mass is 9.82. The van der Waals surface area contributed by atoms with Crippen LogP contribution in [0.5, 0.6) is 0 Å². The summed E-state index contributed by atoms with van der Waals surface area (Å²) < 4.78 is 53.1. The molecule has 31 heavy (non-hydrogen) atoms. The van der Waals surface area contributed by atoms with Crippen LogP contribution in [-0.2, 0) is 17.4 Å². The summed E-state index contributed by atoms with van der Waals surface area (Å²) in [4.78, 5) is 17.2. The molecule has 0 aliphatic carbocycles. The minimum Gasteiger partial charge on any atom is -0.368 e. The van der Waals surface area contributed by atoms with E-state index in [2.05, 4.69) is 15.1 Å². The van der Waals surface area contributed by atoms with Gasteiger partial charge in [0, 0.05) is 37.1 Å². The quantitative estimate of drug-likeness (QED) is 0.733. The monoisotopic (exact) mass is 435 g/mol. The van der Waals surface area contributed by atoms with Crippen molar-refractivity contribution in [3.05, 3.63) is 59.4 Å². The highest BCUT2D eigenvalue weighted by Crippen LogP contribution is 2.40. The molecule has 1 N–H and O–H groups in total. The summed E-state index contributed by atoms with van der Waals surface area (Å²) in [6.45, 7) is 5.44. The molecule has 1 fully saturated rings. The van der Waals surface area contributed by atoms with Crippen molar-refractivity contribution in [1.82, 2.24) is 5.32 Å². The van der Waals surface area contributed by atoms with Gasteiger partial charge >= 0.3 is 6.18 Å². The minimum atomic E-state index is -4.43. The van der Waals surface area contributed by atoms with E-state index in [1.54, 1.807) is 12.1 Å². The van der Waals surface area contributed by atoms with Gasteiger partial charge in [-0.2, -0.15) is 13.2 Å². The van der Waals surface area contributed by atoms with Crippen molar-refractivity contribution in [2.24, 2.45) is 5.92 Å². The first kappa shape index (κ1) is 21.5. The van der Waals surface area contributed by atoms with Gasteiger partial charge in [0.25, 0.3) is 0 Å². The van der Waals surface area contributed by atoms with Gasteiger partial charge in [-0.05, 0) is 68.3 Å². The van der Waals surface area contributed by atoms with Gasteiger partial charge in [-0.15, -0.1) is 0 Å². The average Bonchev–Trinajstić information content (AvgIpc) is 2.71. The van der Waals surface area contributed by atoms with E-state index in [-0.39, 0.29) is 30.2 Å². The van der Waals surface area contributed by atoms with Crippen molar-refractivity contribution in [2.45, 2.75) is 38.5 Å². The van der Waals surface area contributed by atoms with Gasteiger partial charge in [-0.25, -0.2) is 4.39 Å². The molecule has 0 spiro atoms. The Hall–Kier alpha value is -2.77. The van der Waals surface area contributed by atoms with E-state index in [1.807, 2.05) is 13.8 Å². The van der Waals surface area contributed by atoms with Gasteiger partial charge in [0.05, 0.1) is 17.5 Å². The third kappa shape index (κ3) is 4.34. The maximum atomic E-state index is 13.3.